The number of hydrogen-bond acceptors (Lipinski definition) is 3. The van der Waals surface area contributed by atoms with Crippen LogP contribution in [0.5, 0.6) is 0 Å². The maximum Gasteiger partial charge on any atom is 0.335 e. The van der Waals surface area contributed by atoms with E-state index in [1.165, 1.54) is 12.1 Å². The van der Waals surface area contributed by atoms with Crippen molar-refractivity contribution in [3.05, 3.63) is 57.9 Å². The molecule has 0 fully saturated rings. The summed E-state index contributed by atoms with van der Waals surface area (Å²) in [4.78, 5) is 10.9. The number of nitrogens with one attached hydrogen (secondary N) is 1. The lowest BCUT2D eigenvalue weighted by atomic mass is 10.1. The highest BCUT2D eigenvalue weighted by Gasteiger charge is 2.21. The van der Waals surface area contributed by atoms with E-state index in [-0.39, 0.29) is 21.2 Å². The van der Waals surface area contributed by atoms with Crippen LogP contribution in [0.2, 0.25) is 5.02 Å². The van der Waals surface area contributed by atoms with Crippen LogP contribution >= 0.6 is 11.6 Å². The Balaban J connectivity index is 2.53. The largest absolute Gasteiger partial charge is 0.478 e. The van der Waals surface area contributed by atoms with Crippen molar-refractivity contribution in [3.63, 3.8) is 0 Å². The first-order valence-electron chi connectivity index (χ1n) is 6.44. The van der Waals surface area contributed by atoms with Gasteiger partial charge in [-0.05, 0) is 55.3 Å². The fraction of sp³-hybridized carbons (Fsp3) is 0.133. The molecule has 0 bridgehead atoms. The third-order valence-corrected chi connectivity index (χ3v) is 5.14. The number of aromatic carboxylic acids is 1. The second-order valence-corrected chi connectivity index (χ2v) is 7.01. The molecule has 0 aromatic heterocycles. The number of benzene rings is 2. The Morgan fingerprint density at radius 3 is 2.43 bits per heavy atom. The molecule has 122 valence electrons. The molecule has 0 aliphatic heterocycles. The topological polar surface area (TPSA) is 83.5 Å². The molecule has 0 unspecified atom stereocenters. The maximum atomic E-state index is 13.0. The summed E-state index contributed by atoms with van der Waals surface area (Å²) in [7, 11) is -4.08. The van der Waals surface area contributed by atoms with Crippen molar-refractivity contribution in [3.8, 4) is 0 Å². The molecule has 0 aliphatic carbocycles. The molecule has 0 aliphatic rings. The standard InChI is InChI=1S/C15H13ClFNO4S/c1-8-5-10(15(19)20)6-14(9(8)2)23(21,22)18-13-4-3-11(17)7-12(13)16/h3-7,18H,1-2H3,(H,19,20). The predicted molar refractivity (Wildman–Crippen MR) is 85.1 cm³/mol. The van der Waals surface area contributed by atoms with E-state index in [1.807, 2.05) is 0 Å². The lowest BCUT2D eigenvalue weighted by Crippen LogP contribution is -2.16. The Kier molecular flexibility index (Phi) is 4.63. The van der Waals surface area contributed by atoms with E-state index in [4.69, 9.17) is 16.7 Å². The van der Waals surface area contributed by atoms with Crippen molar-refractivity contribution >= 4 is 33.3 Å². The van der Waals surface area contributed by atoms with E-state index in [2.05, 4.69) is 4.72 Å². The molecule has 0 atom stereocenters. The monoisotopic (exact) mass is 357 g/mol. The summed E-state index contributed by atoms with van der Waals surface area (Å²) in [6, 6.07) is 5.70. The van der Waals surface area contributed by atoms with E-state index in [0.717, 1.165) is 18.2 Å². The summed E-state index contributed by atoms with van der Waals surface area (Å²) in [5, 5.41) is 8.98. The van der Waals surface area contributed by atoms with E-state index >= 15 is 0 Å². The first-order chi connectivity index (χ1) is 10.6. The highest BCUT2D eigenvalue weighted by molar-refractivity contribution is 7.92. The van der Waals surface area contributed by atoms with Crippen molar-refractivity contribution in [2.24, 2.45) is 0 Å². The molecule has 2 aromatic carbocycles. The van der Waals surface area contributed by atoms with E-state index in [9.17, 15) is 17.6 Å². The van der Waals surface area contributed by atoms with Crippen molar-refractivity contribution < 1.29 is 22.7 Å². The molecule has 0 heterocycles. The molecule has 2 rings (SSSR count). The van der Waals surface area contributed by atoms with Crippen molar-refractivity contribution in [2.45, 2.75) is 18.7 Å². The molecule has 0 radical (unpaired) electrons. The minimum absolute atomic E-state index is 0.00541. The number of carboxylic acid groups (broad SMARTS) is 1. The van der Waals surface area contributed by atoms with E-state index < -0.39 is 21.8 Å². The fourth-order valence-corrected chi connectivity index (χ4v) is 3.70. The van der Waals surface area contributed by atoms with Gasteiger partial charge in [0.1, 0.15) is 5.82 Å². The minimum Gasteiger partial charge on any atom is -0.478 e. The Morgan fingerprint density at radius 2 is 1.87 bits per heavy atom. The van der Waals surface area contributed by atoms with Crippen LogP contribution in [0.4, 0.5) is 10.1 Å². The summed E-state index contributed by atoms with van der Waals surface area (Å²) in [5.74, 6) is -1.83. The SMILES string of the molecule is Cc1cc(C(=O)O)cc(S(=O)(=O)Nc2ccc(F)cc2Cl)c1C. The van der Waals surface area contributed by atoms with Gasteiger partial charge in [-0.25, -0.2) is 17.6 Å². The number of rotatable bonds is 4. The Labute approximate surface area is 137 Å². The van der Waals surface area contributed by atoms with Gasteiger partial charge in [-0.1, -0.05) is 11.6 Å². The highest BCUT2D eigenvalue weighted by atomic mass is 35.5. The van der Waals surface area contributed by atoms with Crippen LogP contribution in [0.25, 0.3) is 0 Å². The summed E-state index contributed by atoms with van der Waals surface area (Å²) in [6.45, 7) is 3.19. The summed E-state index contributed by atoms with van der Waals surface area (Å²) in [5.41, 5.74) is 0.806. The van der Waals surface area contributed by atoms with Crippen LogP contribution in [0.3, 0.4) is 0 Å². The van der Waals surface area contributed by atoms with Crippen LogP contribution in [-0.4, -0.2) is 19.5 Å². The number of carboxylic acids is 1. The first kappa shape index (κ1) is 17.2. The smallest absolute Gasteiger partial charge is 0.335 e. The van der Waals surface area contributed by atoms with Gasteiger partial charge in [0.2, 0.25) is 0 Å². The number of halogens is 2. The normalized spacial score (nSPS) is 11.3. The molecule has 5 nitrogen and oxygen atoms in total. The maximum absolute atomic E-state index is 13.0. The Hall–Kier alpha value is -2.12. The third-order valence-electron chi connectivity index (χ3n) is 3.33. The van der Waals surface area contributed by atoms with Gasteiger partial charge < -0.3 is 5.11 Å². The van der Waals surface area contributed by atoms with E-state index in [1.54, 1.807) is 13.8 Å². The average Bonchev–Trinajstić information content (AvgIpc) is 2.44. The number of anilines is 1. The molecule has 0 saturated carbocycles. The van der Waals surface area contributed by atoms with Gasteiger partial charge in [0, 0.05) is 0 Å². The molecule has 0 amide bonds. The predicted octanol–water partition coefficient (Wildman–Crippen LogP) is 3.59. The zero-order valence-electron chi connectivity index (χ0n) is 12.2. The van der Waals surface area contributed by atoms with Crippen LogP contribution in [0, 0.1) is 19.7 Å². The fourth-order valence-electron chi connectivity index (χ4n) is 2.00. The van der Waals surface area contributed by atoms with Crippen LogP contribution < -0.4 is 4.72 Å². The molecular formula is C15H13ClFNO4S. The highest BCUT2D eigenvalue weighted by Crippen LogP contribution is 2.28. The summed E-state index contributed by atoms with van der Waals surface area (Å²) >= 11 is 5.81. The van der Waals surface area contributed by atoms with Gasteiger partial charge in [0.05, 0.1) is 21.2 Å². The average molecular weight is 358 g/mol. The molecule has 2 N–H and O–H groups in total. The number of aryl methyl sites for hydroxylation is 1. The van der Waals surface area contributed by atoms with Gasteiger partial charge in [0.25, 0.3) is 10.0 Å². The van der Waals surface area contributed by atoms with Gasteiger partial charge in [-0.15, -0.1) is 0 Å². The minimum atomic E-state index is -4.08. The summed E-state index contributed by atoms with van der Waals surface area (Å²) in [6.07, 6.45) is 0. The zero-order chi connectivity index (χ0) is 17.4. The first-order valence-corrected chi connectivity index (χ1v) is 8.30. The van der Waals surface area contributed by atoms with Gasteiger partial charge in [-0.3, -0.25) is 4.72 Å². The van der Waals surface area contributed by atoms with Gasteiger partial charge in [-0.2, -0.15) is 0 Å². The molecule has 0 saturated heterocycles. The lowest BCUT2D eigenvalue weighted by Gasteiger charge is -2.14. The number of sulfonamides is 1. The third kappa shape index (κ3) is 3.62. The van der Waals surface area contributed by atoms with Crippen molar-refractivity contribution in [1.82, 2.24) is 0 Å². The Morgan fingerprint density at radius 1 is 1.22 bits per heavy atom. The second-order valence-electron chi connectivity index (χ2n) is 4.95. The van der Waals surface area contributed by atoms with Gasteiger partial charge in [0.15, 0.2) is 0 Å². The quantitative estimate of drug-likeness (QED) is 0.875. The summed E-state index contributed by atoms with van der Waals surface area (Å²) < 4.78 is 40.3. The van der Waals surface area contributed by atoms with Crippen LogP contribution in [-0.2, 0) is 10.0 Å². The number of hydrogen-bond donors (Lipinski definition) is 2. The molecule has 0 spiro atoms. The number of carbonyl (C=O) groups is 1. The molecule has 23 heavy (non-hydrogen) atoms. The molecule has 2 aromatic rings. The van der Waals surface area contributed by atoms with Gasteiger partial charge >= 0.3 is 5.97 Å². The van der Waals surface area contributed by atoms with E-state index in [0.29, 0.717) is 11.1 Å². The van der Waals surface area contributed by atoms with Crippen LogP contribution in [0.1, 0.15) is 21.5 Å². The van der Waals surface area contributed by atoms with Crippen molar-refractivity contribution in [1.29, 1.82) is 0 Å². The second kappa shape index (κ2) is 6.17. The zero-order valence-corrected chi connectivity index (χ0v) is 13.8. The molecule has 8 heteroatoms. The Bertz CT molecular complexity index is 897. The molecular weight excluding hydrogens is 345 g/mol. The van der Waals surface area contributed by atoms with Crippen molar-refractivity contribution in [2.75, 3.05) is 4.72 Å². The van der Waals surface area contributed by atoms with Crippen LogP contribution in [0.15, 0.2) is 35.2 Å². The lowest BCUT2D eigenvalue weighted by molar-refractivity contribution is 0.0696.